The molecule has 3 nitrogen and oxygen atoms in total. The molecular weight excluding hydrogens is 258 g/mol. The van der Waals surface area contributed by atoms with Gasteiger partial charge >= 0.3 is 0 Å². The van der Waals surface area contributed by atoms with Crippen molar-refractivity contribution in [3.05, 3.63) is 53.6 Å². The summed E-state index contributed by atoms with van der Waals surface area (Å²) in [5.74, 6) is 1.65. The van der Waals surface area contributed by atoms with Crippen molar-refractivity contribution < 1.29 is 0 Å². The number of nitrogens with zero attached hydrogens (tertiary/aromatic N) is 2. The Morgan fingerprint density at radius 3 is 2.33 bits per heavy atom. The lowest BCUT2D eigenvalue weighted by Crippen LogP contribution is -2.26. The van der Waals surface area contributed by atoms with Crippen LogP contribution in [0, 0.1) is 6.92 Å². The first kappa shape index (κ1) is 15.8. The van der Waals surface area contributed by atoms with Gasteiger partial charge < -0.3 is 9.88 Å². The van der Waals surface area contributed by atoms with Crippen molar-refractivity contribution in [2.24, 2.45) is 0 Å². The molecule has 0 spiro atoms. The Balaban J connectivity index is 2.16. The van der Waals surface area contributed by atoms with Gasteiger partial charge in [0, 0.05) is 18.9 Å². The van der Waals surface area contributed by atoms with Crippen LogP contribution >= 0.6 is 0 Å². The van der Waals surface area contributed by atoms with Gasteiger partial charge in [0.05, 0.1) is 6.04 Å². The Labute approximate surface area is 128 Å². The zero-order valence-electron chi connectivity index (χ0n) is 13.6. The second-order valence-corrected chi connectivity index (χ2v) is 5.95. The van der Waals surface area contributed by atoms with Gasteiger partial charge in [-0.05, 0) is 36.9 Å². The molecule has 1 N–H and O–H groups in total. The van der Waals surface area contributed by atoms with E-state index < -0.39 is 0 Å². The maximum atomic E-state index is 4.32. The van der Waals surface area contributed by atoms with E-state index in [9.17, 15) is 0 Å². The fourth-order valence-corrected chi connectivity index (χ4v) is 2.51. The first-order chi connectivity index (χ1) is 10.1. The third kappa shape index (κ3) is 4.18. The van der Waals surface area contributed by atoms with Crippen LogP contribution in [0.1, 0.15) is 56.1 Å². The van der Waals surface area contributed by atoms with Crippen LogP contribution in [0.15, 0.2) is 36.7 Å². The summed E-state index contributed by atoms with van der Waals surface area (Å²) in [4.78, 5) is 4.32. The Morgan fingerprint density at radius 2 is 1.81 bits per heavy atom. The Bertz CT molecular complexity index is 540. The molecule has 0 aliphatic carbocycles. The smallest absolute Gasteiger partial charge is 0.105 e. The summed E-state index contributed by atoms with van der Waals surface area (Å²) in [6.45, 7) is 10.7. The van der Waals surface area contributed by atoms with E-state index in [0.29, 0.717) is 12.0 Å². The standard InChI is InChI=1S/C18H27N3/c1-5-10-20-18(13-21-12-11-19-15(21)4)17-8-6-16(7-9-17)14(2)3/h6-9,11-12,14,18,20H,5,10,13H2,1-4H3. The van der Waals surface area contributed by atoms with Crippen molar-refractivity contribution >= 4 is 0 Å². The van der Waals surface area contributed by atoms with Gasteiger partial charge in [0.25, 0.3) is 0 Å². The molecule has 21 heavy (non-hydrogen) atoms. The molecule has 0 amide bonds. The summed E-state index contributed by atoms with van der Waals surface area (Å²) in [5, 5.41) is 3.65. The Hall–Kier alpha value is -1.61. The Morgan fingerprint density at radius 1 is 1.14 bits per heavy atom. The van der Waals surface area contributed by atoms with E-state index in [0.717, 1.165) is 25.3 Å². The average molecular weight is 285 g/mol. The monoisotopic (exact) mass is 285 g/mol. The van der Waals surface area contributed by atoms with Crippen molar-refractivity contribution in [3.63, 3.8) is 0 Å². The molecule has 1 heterocycles. The summed E-state index contributed by atoms with van der Waals surface area (Å²) in [6.07, 6.45) is 5.07. The second-order valence-electron chi connectivity index (χ2n) is 5.95. The molecule has 114 valence electrons. The molecule has 1 unspecified atom stereocenters. The van der Waals surface area contributed by atoms with Crippen LogP contribution in [-0.4, -0.2) is 16.1 Å². The van der Waals surface area contributed by atoms with Crippen LogP contribution in [0.3, 0.4) is 0 Å². The van der Waals surface area contributed by atoms with Crippen LogP contribution in [-0.2, 0) is 6.54 Å². The molecule has 2 aromatic rings. The summed E-state index contributed by atoms with van der Waals surface area (Å²) in [6, 6.07) is 9.35. The maximum Gasteiger partial charge on any atom is 0.105 e. The number of hydrogen-bond donors (Lipinski definition) is 1. The van der Waals surface area contributed by atoms with Crippen molar-refractivity contribution in [1.29, 1.82) is 0 Å². The fourth-order valence-electron chi connectivity index (χ4n) is 2.51. The van der Waals surface area contributed by atoms with E-state index in [1.165, 1.54) is 11.1 Å². The molecule has 1 atom stereocenters. The molecular formula is C18H27N3. The highest BCUT2D eigenvalue weighted by molar-refractivity contribution is 5.27. The van der Waals surface area contributed by atoms with Crippen LogP contribution in [0.2, 0.25) is 0 Å². The number of hydrogen-bond acceptors (Lipinski definition) is 2. The number of rotatable bonds is 7. The highest BCUT2D eigenvalue weighted by Crippen LogP contribution is 2.20. The number of benzene rings is 1. The minimum absolute atomic E-state index is 0.332. The second kappa shape index (κ2) is 7.41. The number of imidazole rings is 1. The van der Waals surface area contributed by atoms with Crippen molar-refractivity contribution in [2.75, 3.05) is 6.54 Å². The lowest BCUT2D eigenvalue weighted by molar-refractivity contribution is 0.458. The van der Waals surface area contributed by atoms with Gasteiger partial charge in [-0.1, -0.05) is 45.0 Å². The van der Waals surface area contributed by atoms with Crippen LogP contribution < -0.4 is 5.32 Å². The minimum Gasteiger partial charge on any atom is -0.333 e. The van der Waals surface area contributed by atoms with Crippen molar-refractivity contribution in [3.8, 4) is 0 Å². The normalized spacial score (nSPS) is 12.8. The van der Waals surface area contributed by atoms with Gasteiger partial charge in [-0.15, -0.1) is 0 Å². The molecule has 0 fully saturated rings. The molecule has 0 bridgehead atoms. The minimum atomic E-state index is 0.332. The number of nitrogens with one attached hydrogen (secondary N) is 1. The van der Waals surface area contributed by atoms with E-state index >= 15 is 0 Å². The molecule has 1 aromatic heterocycles. The predicted molar refractivity (Wildman–Crippen MR) is 88.5 cm³/mol. The summed E-state index contributed by atoms with van der Waals surface area (Å²) < 4.78 is 2.21. The van der Waals surface area contributed by atoms with Crippen LogP contribution in [0.4, 0.5) is 0 Å². The zero-order valence-corrected chi connectivity index (χ0v) is 13.6. The quantitative estimate of drug-likeness (QED) is 0.831. The van der Waals surface area contributed by atoms with Gasteiger partial charge in [-0.2, -0.15) is 0 Å². The molecule has 0 radical (unpaired) electrons. The predicted octanol–water partition coefficient (Wildman–Crippen LogP) is 4.06. The van der Waals surface area contributed by atoms with E-state index in [-0.39, 0.29) is 0 Å². The third-order valence-corrected chi connectivity index (χ3v) is 3.95. The molecule has 0 saturated carbocycles. The van der Waals surface area contributed by atoms with Gasteiger partial charge in [-0.3, -0.25) is 0 Å². The Kier molecular flexibility index (Phi) is 5.57. The van der Waals surface area contributed by atoms with Crippen molar-refractivity contribution in [1.82, 2.24) is 14.9 Å². The molecule has 0 saturated heterocycles. The fraction of sp³-hybridized carbons (Fsp3) is 0.500. The summed E-state index contributed by atoms with van der Waals surface area (Å²) in [7, 11) is 0. The SMILES string of the molecule is CCCNC(Cn1ccnc1C)c1ccc(C(C)C)cc1. The molecule has 0 aliphatic heterocycles. The number of aromatic nitrogens is 2. The maximum absolute atomic E-state index is 4.32. The molecule has 1 aromatic carbocycles. The highest BCUT2D eigenvalue weighted by atomic mass is 15.1. The summed E-state index contributed by atoms with van der Waals surface area (Å²) >= 11 is 0. The first-order valence-electron chi connectivity index (χ1n) is 7.92. The zero-order chi connectivity index (χ0) is 15.2. The van der Waals surface area contributed by atoms with Crippen molar-refractivity contribution in [2.45, 2.75) is 52.6 Å². The van der Waals surface area contributed by atoms with Crippen LogP contribution in [0.5, 0.6) is 0 Å². The molecule has 2 rings (SSSR count). The lowest BCUT2D eigenvalue weighted by Gasteiger charge is -2.21. The third-order valence-electron chi connectivity index (χ3n) is 3.95. The summed E-state index contributed by atoms with van der Waals surface area (Å²) in [5.41, 5.74) is 2.74. The van der Waals surface area contributed by atoms with E-state index in [2.05, 4.69) is 73.0 Å². The number of aryl methyl sites for hydroxylation is 1. The highest BCUT2D eigenvalue weighted by Gasteiger charge is 2.13. The average Bonchev–Trinajstić information content (AvgIpc) is 2.88. The topological polar surface area (TPSA) is 29.9 Å². The van der Waals surface area contributed by atoms with Crippen LogP contribution in [0.25, 0.3) is 0 Å². The van der Waals surface area contributed by atoms with E-state index in [1.807, 2.05) is 6.20 Å². The first-order valence-corrected chi connectivity index (χ1v) is 7.92. The largest absolute Gasteiger partial charge is 0.333 e. The van der Waals surface area contributed by atoms with E-state index in [1.54, 1.807) is 0 Å². The molecule has 0 aliphatic rings. The van der Waals surface area contributed by atoms with Gasteiger partial charge in [0.15, 0.2) is 0 Å². The lowest BCUT2D eigenvalue weighted by atomic mass is 9.99. The van der Waals surface area contributed by atoms with E-state index in [4.69, 9.17) is 0 Å². The van der Waals surface area contributed by atoms with Gasteiger partial charge in [0.2, 0.25) is 0 Å². The van der Waals surface area contributed by atoms with Gasteiger partial charge in [-0.25, -0.2) is 4.98 Å². The van der Waals surface area contributed by atoms with Gasteiger partial charge in [0.1, 0.15) is 5.82 Å². The molecule has 3 heteroatoms.